The van der Waals surface area contributed by atoms with Crippen LogP contribution in [0.3, 0.4) is 0 Å². The van der Waals surface area contributed by atoms with Gasteiger partial charge in [0.25, 0.3) is 17.8 Å². The molecule has 1 aromatic heterocycles. The third-order valence-electron chi connectivity index (χ3n) is 3.19. The fraction of sp³-hybridized carbons (Fsp3) is 0.250. The number of benzene rings is 1. The van der Waals surface area contributed by atoms with Gasteiger partial charge in [-0.05, 0) is 24.1 Å². The first-order valence-corrected chi connectivity index (χ1v) is 7.25. The summed E-state index contributed by atoms with van der Waals surface area (Å²) in [6, 6.07) is 6.30. The van der Waals surface area contributed by atoms with E-state index >= 15 is 0 Å². The van der Waals surface area contributed by atoms with Crippen molar-refractivity contribution in [2.24, 2.45) is 0 Å². The van der Waals surface area contributed by atoms with Crippen LogP contribution in [-0.4, -0.2) is 17.4 Å². The van der Waals surface area contributed by atoms with Crippen LogP contribution in [0.2, 0.25) is 0 Å². The number of anilines is 1. The first-order chi connectivity index (χ1) is 11.4. The lowest BCUT2D eigenvalue weighted by Crippen LogP contribution is -2.24. The van der Waals surface area contributed by atoms with Gasteiger partial charge in [-0.2, -0.15) is 22.5 Å². The van der Waals surface area contributed by atoms with E-state index in [-0.39, 0.29) is 12.5 Å². The fourth-order valence-corrected chi connectivity index (χ4v) is 2.00. The van der Waals surface area contributed by atoms with Gasteiger partial charge in [0.1, 0.15) is 5.69 Å². The largest absolute Gasteiger partial charge is 0.376 e. The summed E-state index contributed by atoms with van der Waals surface area (Å²) in [5.74, 6) is -6.96. The highest BCUT2D eigenvalue weighted by Crippen LogP contribution is 2.22. The maximum Gasteiger partial charge on any atom is 0.253 e. The summed E-state index contributed by atoms with van der Waals surface area (Å²) in [7, 11) is 0. The lowest BCUT2D eigenvalue weighted by atomic mass is 10.1. The van der Waals surface area contributed by atoms with Gasteiger partial charge in [-0.25, -0.2) is 0 Å². The first-order valence-electron chi connectivity index (χ1n) is 7.25. The Labute approximate surface area is 135 Å². The second-order valence-corrected chi connectivity index (χ2v) is 5.01. The fourth-order valence-electron chi connectivity index (χ4n) is 2.00. The Morgan fingerprint density at radius 3 is 2.42 bits per heavy atom. The number of rotatable bonds is 6. The molecule has 24 heavy (non-hydrogen) atoms. The summed E-state index contributed by atoms with van der Waals surface area (Å²) in [6.45, 7) is 2.30. The van der Waals surface area contributed by atoms with Gasteiger partial charge in [-0.1, -0.05) is 19.1 Å². The van der Waals surface area contributed by atoms with Crippen LogP contribution in [0.25, 0.3) is 0 Å². The summed E-state index contributed by atoms with van der Waals surface area (Å²) >= 11 is 0. The SMILES string of the molecule is CCCNC(=O)c1cccc(CNc2c(F)c(F)nc(F)c2F)c1. The van der Waals surface area contributed by atoms with Gasteiger partial charge >= 0.3 is 0 Å². The van der Waals surface area contributed by atoms with Gasteiger partial charge in [0.05, 0.1) is 0 Å². The standard InChI is InChI=1S/C16H15F4N3O/c1-2-6-21-16(24)10-5-3-4-9(7-10)8-22-13-11(17)14(19)23-15(20)12(13)18/h3-5,7H,2,6,8H2,1H3,(H,21,24)(H,22,23). The van der Waals surface area contributed by atoms with E-state index in [1.165, 1.54) is 6.07 Å². The molecule has 1 aromatic carbocycles. The Morgan fingerprint density at radius 1 is 1.12 bits per heavy atom. The Morgan fingerprint density at radius 2 is 1.79 bits per heavy atom. The topological polar surface area (TPSA) is 54.0 Å². The zero-order chi connectivity index (χ0) is 17.7. The third kappa shape index (κ3) is 4.01. The predicted octanol–water partition coefficient (Wildman–Crippen LogP) is 3.39. The van der Waals surface area contributed by atoms with E-state index in [0.717, 1.165) is 6.42 Å². The number of nitrogens with zero attached hydrogens (tertiary/aromatic N) is 1. The molecule has 0 radical (unpaired) electrons. The molecule has 1 amide bonds. The molecule has 0 saturated carbocycles. The van der Waals surface area contributed by atoms with Crippen molar-refractivity contribution >= 4 is 11.6 Å². The number of halogens is 4. The van der Waals surface area contributed by atoms with Crippen molar-refractivity contribution < 1.29 is 22.4 Å². The van der Waals surface area contributed by atoms with Crippen LogP contribution < -0.4 is 10.6 Å². The molecule has 0 unspecified atom stereocenters. The maximum atomic E-state index is 13.5. The Bertz CT molecular complexity index is 726. The number of hydrogen-bond donors (Lipinski definition) is 2. The van der Waals surface area contributed by atoms with E-state index in [1.54, 1.807) is 18.2 Å². The quantitative estimate of drug-likeness (QED) is 0.626. The molecule has 0 fully saturated rings. The number of carbonyl (C=O) groups excluding carboxylic acids is 1. The molecule has 0 aliphatic heterocycles. The number of carbonyl (C=O) groups is 1. The Hall–Kier alpha value is -2.64. The van der Waals surface area contributed by atoms with E-state index in [4.69, 9.17) is 0 Å². The molecule has 1 heterocycles. The highest BCUT2D eigenvalue weighted by atomic mass is 19.2. The molecule has 4 nitrogen and oxygen atoms in total. The van der Waals surface area contributed by atoms with E-state index in [9.17, 15) is 22.4 Å². The first kappa shape index (κ1) is 17.7. The minimum absolute atomic E-state index is 0.133. The van der Waals surface area contributed by atoms with Crippen molar-refractivity contribution in [3.05, 3.63) is 58.9 Å². The lowest BCUT2D eigenvalue weighted by Gasteiger charge is -2.10. The molecule has 0 atom stereocenters. The van der Waals surface area contributed by atoms with Crippen molar-refractivity contribution in [3.63, 3.8) is 0 Å². The van der Waals surface area contributed by atoms with Gasteiger partial charge < -0.3 is 10.6 Å². The van der Waals surface area contributed by atoms with Gasteiger partial charge in [0, 0.05) is 18.7 Å². The van der Waals surface area contributed by atoms with Crippen LogP contribution in [0.4, 0.5) is 23.2 Å². The molecule has 128 valence electrons. The molecule has 0 saturated heterocycles. The van der Waals surface area contributed by atoms with Crippen molar-refractivity contribution in [1.29, 1.82) is 0 Å². The molecule has 2 aromatic rings. The van der Waals surface area contributed by atoms with Crippen molar-refractivity contribution in [3.8, 4) is 0 Å². The molecule has 8 heteroatoms. The van der Waals surface area contributed by atoms with E-state index in [1.807, 2.05) is 6.92 Å². The minimum Gasteiger partial charge on any atom is -0.376 e. The molecule has 2 rings (SSSR count). The predicted molar refractivity (Wildman–Crippen MR) is 80.5 cm³/mol. The van der Waals surface area contributed by atoms with Gasteiger partial charge in [-0.15, -0.1) is 0 Å². The van der Waals surface area contributed by atoms with Crippen LogP contribution in [0.1, 0.15) is 29.3 Å². The van der Waals surface area contributed by atoms with E-state index < -0.39 is 29.2 Å². The third-order valence-corrected chi connectivity index (χ3v) is 3.19. The van der Waals surface area contributed by atoms with Crippen LogP contribution in [0.15, 0.2) is 24.3 Å². The highest BCUT2D eigenvalue weighted by Gasteiger charge is 2.20. The van der Waals surface area contributed by atoms with Crippen molar-refractivity contribution in [2.45, 2.75) is 19.9 Å². The van der Waals surface area contributed by atoms with Crippen LogP contribution >= 0.6 is 0 Å². The molecule has 0 spiro atoms. The average molecular weight is 341 g/mol. The maximum absolute atomic E-state index is 13.5. The summed E-state index contributed by atoms with van der Waals surface area (Å²) in [5.41, 5.74) is -0.0628. The number of hydrogen-bond acceptors (Lipinski definition) is 3. The molecule has 0 aliphatic rings. The zero-order valence-electron chi connectivity index (χ0n) is 12.8. The zero-order valence-corrected chi connectivity index (χ0v) is 12.8. The van der Waals surface area contributed by atoms with Crippen molar-refractivity contribution in [1.82, 2.24) is 10.3 Å². The van der Waals surface area contributed by atoms with Gasteiger partial charge in [-0.3, -0.25) is 4.79 Å². The van der Waals surface area contributed by atoms with Gasteiger partial charge in [0.2, 0.25) is 11.6 Å². The second-order valence-electron chi connectivity index (χ2n) is 5.01. The van der Waals surface area contributed by atoms with E-state index in [0.29, 0.717) is 17.7 Å². The lowest BCUT2D eigenvalue weighted by molar-refractivity contribution is 0.0953. The van der Waals surface area contributed by atoms with Crippen LogP contribution in [0.5, 0.6) is 0 Å². The summed E-state index contributed by atoms with van der Waals surface area (Å²) in [5, 5.41) is 4.98. The van der Waals surface area contributed by atoms with Crippen LogP contribution in [-0.2, 0) is 6.54 Å². The number of amides is 1. The van der Waals surface area contributed by atoms with Crippen LogP contribution in [0, 0.1) is 23.5 Å². The Balaban J connectivity index is 2.15. The van der Waals surface area contributed by atoms with Gasteiger partial charge in [0.15, 0.2) is 0 Å². The monoisotopic (exact) mass is 341 g/mol. The minimum atomic E-state index is -1.73. The molecular weight excluding hydrogens is 326 g/mol. The Kier molecular flexibility index (Phi) is 5.73. The molecule has 0 aliphatic carbocycles. The normalized spacial score (nSPS) is 10.5. The number of aromatic nitrogens is 1. The second kappa shape index (κ2) is 7.76. The van der Waals surface area contributed by atoms with Crippen molar-refractivity contribution in [2.75, 3.05) is 11.9 Å². The smallest absolute Gasteiger partial charge is 0.253 e. The number of nitrogens with one attached hydrogen (secondary N) is 2. The van der Waals surface area contributed by atoms with E-state index in [2.05, 4.69) is 15.6 Å². The summed E-state index contributed by atoms with van der Waals surface area (Å²) < 4.78 is 53.1. The average Bonchev–Trinajstić information content (AvgIpc) is 2.58. The molecule has 2 N–H and O–H groups in total. The summed E-state index contributed by atoms with van der Waals surface area (Å²) in [4.78, 5) is 14.3. The molecular formula is C16H15F4N3O. The highest BCUT2D eigenvalue weighted by molar-refractivity contribution is 5.94. The summed E-state index contributed by atoms with van der Waals surface area (Å²) in [6.07, 6.45) is 0.782. The number of pyridine rings is 1. The molecule has 0 bridgehead atoms.